The zero-order chi connectivity index (χ0) is 6.15. The first-order chi connectivity index (χ1) is 3.70. The molecule has 5 heteroatoms. The molecule has 0 aromatic carbocycles. The summed E-state index contributed by atoms with van der Waals surface area (Å²) < 4.78 is 4.32. The second kappa shape index (κ2) is 1.63. The van der Waals surface area contributed by atoms with Crippen LogP contribution in [-0.4, -0.2) is 17.4 Å². The third kappa shape index (κ3) is 0.746. The summed E-state index contributed by atoms with van der Waals surface area (Å²) in [5.41, 5.74) is 0.167. The highest BCUT2D eigenvalue weighted by Crippen LogP contribution is 2.02. The van der Waals surface area contributed by atoms with E-state index in [0.717, 1.165) is 0 Å². The molecule has 1 unspecified atom stereocenters. The molecule has 1 rings (SSSR count). The second-order valence-corrected chi connectivity index (χ2v) is 1.68. The summed E-state index contributed by atoms with van der Waals surface area (Å²) in [6.07, 6.45) is 0. The maximum atomic E-state index is 10.2. The van der Waals surface area contributed by atoms with Crippen molar-refractivity contribution in [3.63, 3.8) is 0 Å². The molecule has 0 amide bonds. The van der Waals surface area contributed by atoms with E-state index in [1.54, 1.807) is 0 Å². The summed E-state index contributed by atoms with van der Waals surface area (Å²) in [6, 6.07) is 0. The van der Waals surface area contributed by atoms with Gasteiger partial charge in [-0.15, -0.1) is 0 Å². The maximum Gasteiger partial charge on any atom is 0.382 e. The number of cyclic esters (lactones) is 1. The van der Waals surface area contributed by atoms with E-state index in [0.29, 0.717) is 0 Å². The quantitative estimate of drug-likeness (QED) is 0.363. The maximum absolute atomic E-state index is 10.2. The number of carbonyl (C=O) groups is 1. The Labute approximate surface area is 47.6 Å². The van der Waals surface area contributed by atoms with E-state index >= 15 is 0 Å². The van der Waals surface area contributed by atoms with Crippen molar-refractivity contribution in [3.05, 3.63) is 0 Å². The average Bonchev–Trinajstić information content (AvgIpc) is 1.85. The number of hydrogen-bond acceptors (Lipinski definition) is 3. The Morgan fingerprint density at radius 1 is 1.75 bits per heavy atom. The van der Waals surface area contributed by atoms with Crippen molar-refractivity contribution in [1.82, 2.24) is 0 Å². The van der Waals surface area contributed by atoms with Gasteiger partial charge < -0.3 is 4.74 Å². The number of nitrogens with one attached hydrogen (secondary N) is 1. The first kappa shape index (κ1) is 5.38. The van der Waals surface area contributed by atoms with Gasteiger partial charge in [0.15, 0.2) is 0 Å². The topological polar surface area (TPSA) is 62.5 Å². The monoisotopic (exact) mass is 130 g/mol. The second-order valence-electron chi connectivity index (χ2n) is 1.19. The number of rotatable bonds is 0. The minimum Gasteiger partial charge on any atom is -0.402 e. The van der Waals surface area contributed by atoms with E-state index in [-0.39, 0.29) is 11.5 Å². The summed E-state index contributed by atoms with van der Waals surface area (Å²) in [6.45, 7) is 0. The van der Waals surface area contributed by atoms with Crippen molar-refractivity contribution in [1.29, 1.82) is 5.41 Å². The zero-order valence-electron chi connectivity index (χ0n) is 3.84. The van der Waals surface area contributed by atoms with Crippen LogP contribution in [-0.2, 0) is 9.53 Å². The Bertz CT molecular complexity index is 186. The van der Waals surface area contributed by atoms with Gasteiger partial charge in [-0.2, -0.15) is 4.99 Å². The number of amidine groups is 1. The van der Waals surface area contributed by atoms with E-state index in [1.165, 1.54) is 0 Å². The Balaban J connectivity index is 2.85. The molecule has 8 heavy (non-hydrogen) atoms. The van der Waals surface area contributed by atoms with Gasteiger partial charge >= 0.3 is 5.97 Å². The fourth-order valence-electron chi connectivity index (χ4n) is 0.322. The van der Waals surface area contributed by atoms with Crippen LogP contribution < -0.4 is 0 Å². The molecule has 1 atom stereocenters. The van der Waals surface area contributed by atoms with Crippen LogP contribution in [0.1, 0.15) is 0 Å². The van der Waals surface area contributed by atoms with Crippen LogP contribution in [0.4, 0.5) is 0 Å². The Morgan fingerprint density at radius 3 is 2.50 bits per heavy atom. The molecule has 1 N–H and O–H groups in total. The summed E-state index contributed by atoms with van der Waals surface area (Å²) >= 11 is 0. The molecule has 1 aliphatic rings. The molecule has 0 radical (unpaired) electrons. The van der Waals surface area contributed by atoms with Gasteiger partial charge in [0.1, 0.15) is 0 Å². The molecule has 1 aliphatic heterocycles. The van der Waals surface area contributed by atoms with Gasteiger partial charge in [-0.05, 0) is 9.24 Å². The van der Waals surface area contributed by atoms with Crippen LogP contribution in [0.5, 0.6) is 0 Å². The van der Waals surface area contributed by atoms with Crippen molar-refractivity contribution >= 4 is 26.7 Å². The number of esters is 1. The van der Waals surface area contributed by atoms with E-state index in [9.17, 15) is 4.79 Å². The fraction of sp³-hybridized carbons (Fsp3) is 0. The highest BCUT2D eigenvalue weighted by molar-refractivity contribution is 7.40. The third-order valence-electron chi connectivity index (χ3n) is 0.613. The van der Waals surface area contributed by atoms with Crippen molar-refractivity contribution < 1.29 is 9.53 Å². The fourth-order valence-corrected chi connectivity index (χ4v) is 0.558. The molecule has 0 aliphatic carbocycles. The number of aliphatic imine (C=N–C) groups is 1. The lowest BCUT2D eigenvalue weighted by Crippen LogP contribution is -2.04. The molecule has 0 aromatic heterocycles. The van der Waals surface area contributed by atoms with Crippen LogP contribution in [0.3, 0.4) is 0 Å². The van der Waals surface area contributed by atoms with Crippen LogP contribution in [0.25, 0.3) is 0 Å². The molecule has 1 heterocycles. The van der Waals surface area contributed by atoms with Crippen LogP contribution >= 0.6 is 9.24 Å². The van der Waals surface area contributed by atoms with Crippen molar-refractivity contribution in [3.8, 4) is 0 Å². The SMILES string of the molecule is N=C1N=C(P)OC1=O. The number of hydrogen-bond donors (Lipinski definition) is 1. The minimum atomic E-state index is -0.685. The summed E-state index contributed by atoms with van der Waals surface area (Å²) in [4.78, 5) is 13.6. The Kier molecular flexibility index (Phi) is 1.10. The van der Waals surface area contributed by atoms with E-state index < -0.39 is 5.97 Å². The van der Waals surface area contributed by atoms with Crippen LogP contribution in [0, 0.1) is 5.41 Å². The van der Waals surface area contributed by atoms with Gasteiger partial charge in [0.05, 0.1) is 0 Å². The molecule has 0 saturated heterocycles. The van der Waals surface area contributed by atoms with Gasteiger partial charge in [-0.1, -0.05) is 0 Å². The predicted octanol–water partition coefficient (Wildman–Crippen LogP) is -0.248. The largest absolute Gasteiger partial charge is 0.402 e. The van der Waals surface area contributed by atoms with Crippen LogP contribution in [0.2, 0.25) is 0 Å². The highest BCUT2D eigenvalue weighted by Gasteiger charge is 2.18. The van der Waals surface area contributed by atoms with Crippen LogP contribution in [0.15, 0.2) is 4.99 Å². The first-order valence-corrected chi connectivity index (χ1v) is 2.43. The summed E-state index contributed by atoms with van der Waals surface area (Å²) in [5, 5.41) is 6.71. The standard InChI is InChI=1S/C3H3N2O2P/c4-1-2(6)7-3(8)5-1/h4H,8H2. The lowest BCUT2D eigenvalue weighted by molar-refractivity contribution is -0.127. The molecule has 0 bridgehead atoms. The van der Waals surface area contributed by atoms with Gasteiger partial charge in [0.25, 0.3) is 0 Å². The molecule has 4 nitrogen and oxygen atoms in total. The molecule has 0 aromatic rings. The molecular weight excluding hydrogens is 127 g/mol. The lowest BCUT2D eigenvalue weighted by atomic mass is 10.6. The van der Waals surface area contributed by atoms with Crippen molar-refractivity contribution in [2.24, 2.45) is 4.99 Å². The smallest absolute Gasteiger partial charge is 0.382 e. The highest BCUT2D eigenvalue weighted by atomic mass is 31.0. The van der Waals surface area contributed by atoms with Gasteiger partial charge in [-0.25, -0.2) is 4.79 Å². The lowest BCUT2D eigenvalue weighted by Gasteiger charge is -1.83. The molecule has 42 valence electrons. The first-order valence-electron chi connectivity index (χ1n) is 1.85. The number of carbonyl (C=O) groups excluding carboxylic acids is 1. The molecule has 0 saturated carbocycles. The number of nitrogens with zero attached hydrogens (tertiary/aromatic N) is 1. The van der Waals surface area contributed by atoms with E-state index in [1.807, 2.05) is 0 Å². The number of ether oxygens (including phenoxy) is 1. The van der Waals surface area contributed by atoms with Crippen molar-refractivity contribution in [2.45, 2.75) is 0 Å². The summed E-state index contributed by atoms with van der Waals surface area (Å²) in [5.74, 6) is -1.02. The minimum absolute atomic E-state index is 0.167. The van der Waals surface area contributed by atoms with Gasteiger partial charge in [0.2, 0.25) is 11.5 Å². The molecule has 0 spiro atoms. The Hall–Kier alpha value is -0.760. The average molecular weight is 130 g/mol. The van der Waals surface area contributed by atoms with E-state index in [2.05, 4.69) is 19.0 Å². The summed E-state index contributed by atoms with van der Waals surface area (Å²) in [7, 11) is 2.09. The third-order valence-corrected chi connectivity index (χ3v) is 0.860. The Morgan fingerprint density at radius 2 is 2.38 bits per heavy atom. The molecular formula is C3H3N2O2P. The normalized spacial score (nSPS) is 18.4. The van der Waals surface area contributed by atoms with Gasteiger partial charge in [0, 0.05) is 0 Å². The van der Waals surface area contributed by atoms with Crippen molar-refractivity contribution in [2.75, 3.05) is 0 Å². The van der Waals surface area contributed by atoms with E-state index in [4.69, 9.17) is 5.41 Å². The van der Waals surface area contributed by atoms with Gasteiger partial charge in [-0.3, -0.25) is 5.41 Å². The predicted molar refractivity (Wildman–Crippen MR) is 31.0 cm³/mol. The molecule has 0 fully saturated rings. The zero-order valence-corrected chi connectivity index (χ0v) is 5.00.